The van der Waals surface area contributed by atoms with Gasteiger partial charge in [-0.1, -0.05) is 11.6 Å². The van der Waals surface area contributed by atoms with Crippen LogP contribution >= 0.6 is 11.6 Å². The quantitative estimate of drug-likeness (QED) is 0.725. The summed E-state index contributed by atoms with van der Waals surface area (Å²) in [5, 5.41) is 1.84. The van der Waals surface area contributed by atoms with E-state index in [0.717, 1.165) is 27.3 Å². The zero-order valence-corrected chi connectivity index (χ0v) is 10.6. The van der Waals surface area contributed by atoms with E-state index in [1.54, 1.807) is 12.3 Å². The Morgan fingerprint density at radius 1 is 1.17 bits per heavy atom. The number of pyridine rings is 1. The maximum atomic E-state index is 6.01. The van der Waals surface area contributed by atoms with Crippen LogP contribution in [0.1, 0.15) is 0 Å². The fraction of sp³-hybridized carbons (Fsp3) is 0.0714. The van der Waals surface area contributed by atoms with Crippen LogP contribution in [0.3, 0.4) is 0 Å². The summed E-state index contributed by atoms with van der Waals surface area (Å²) in [7, 11) is 2.01. The van der Waals surface area contributed by atoms with E-state index in [4.69, 9.17) is 17.3 Å². The number of hydrogen-bond acceptors (Lipinski definition) is 2. The number of aromatic nitrogens is 2. The first-order valence-electron chi connectivity index (χ1n) is 5.62. The maximum Gasteiger partial charge on any atom is 0.0887 e. The highest BCUT2D eigenvalue weighted by Crippen LogP contribution is 2.28. The predicted molar refractivity (Wildman–Crippen MR) is 75.6 cm³/mol. The van der Waals surface area contributed by atoms with Gasteiger partial charge in [-0.3, -0.25) is 4.98 Å². The molecular formula is C14H12ClN3. The number of anilines is 1. The molecule has 2 heterocycles. The van der Waals surface area contributed by atoms with Gasteiger partial charge < -0.3 is 10.3 Å². The third-order valence-corrected chi connectivity index (χ3v) is 3.29. The third kappa shape index (κ3) is 1.73. The third-order valence-electron chi connectivity index (χ3n) is 3.05. The summed E-state index contributed by atoms with van der Waals surface area (Å²) >= 11 is 6.01. The van der Waals surface area contributed by atoms with E-state index in [1.165, 1.54) is 0 Å². The van der Waals surface area contributed by atoms with Gasteiger partial charge >= 0.3 is 0 Å². The number of benzene rings is 1. The maximum absolute atomic E-state index is 6.01. The van der Waals surface area contributed by atoms with Crippen LogP contribution in [0.2, 0.25) is 5.02 Å². The van der Waals surface area contributed by atoms with Gasteiger partial charge in [-0.2, -0.15) is 0 Å². The molecule has 3 aromatic rings. The molecule has 0 aliphatic rings. The topological polar surface area (TPSA) is 43.8 Å². The summed E-state index contributed by atoms with van der Waals surface area (Å²) < 4.78 is 2.09. The highest BCUT2D eigenvalue weighted by molar-refractivity contribution is 6.31. The average molecular weight is 258 g/mol. The Morgan fingerprint density at radius 3 is 2.78 bits per heavy atom. The Labute approximate surface area is 110 Å². The first kappa shape index (κ1) is 11.1. The fourth-order valence-electron chi connectivity index (χ4n) is 2.15. The van der Waals surface area contributed by atoms with Crippen LogP contribution in [0, 0.1) is 0 Å². The molecule has 18 heavy (non-hydrogen) atoms. The van der Waals surface area contributed by atoms with Crippen molar-refractivity contribution < 1.29 is 0 Å². The van der Waals surface area contributed by atoms with Crippen molar-refractivity contribution in [3.05, 3.63) is 47.6 Å². The van der Waals surface area contributed by atoms with Gasteiger partial charge in [-0.15, -0.1) is 0 Å². The molecule has 0 fully saturated rings. The summed E-state index contributed by atoms with van der Waals surface area (Å²) in [6, 6.07) is 11.6. The normalized spacial score (nSPS) is 11.0. The summed E-state index contributed by atoms with van der Waals surface area (Å²) in [6.07, 6.45) is 1.72. The van der Waals surface area contributed by atoms with Gasteiger partial charge in [0.1, 0.15) is 0 Å². The molecule has 3 nitrogen and oxygen atoms in total. The van der Waals surface area contributed by atoms with Crippen molar-refractivity contribution in [3.8, 4) is 11.4 Å². The van der Waals surface area contributed by atoms with E-state index in [2.05, 4.69) is 15.6 Å². The monoisotopic (exact) mass is 257 g/mol. The van der Waals surface area contributed by atoms with Gasteiger partial charge in [0.05, 0.1) is 11.4 Å². The van der Waals surface area contributed by atoms with Crippen LogP contribution in [0.15, 0.2) is 42.6 Å². The lowest BCUT2D eigenvalue weighted by molar-refractivity contribution is 0.970. The molecule has 0 amide bonds. The highest BCUT2D eigenvalue weighted by Gasteiger charge is 2.09. The Kier molecular flexibility index (Phi) is 2.49. The number of nitrogens with zero attached hydrogens (tertiary/aromatic N) is 2. The minimum Gasteiger partial charge on any atom is -0.399 e. The van der Waals surface area contributed by atoms with Crippen molar-refractivity contribution >= 4 is 28.2 Å². The number of rotatable bonds is 1. The molecule has 0 unspecified atom stereocenters. The number of nitrogens with two attached hydrogens (primary N) is 1. The van der Waals surface area contributed by atoms with Crippen molar-refractivity contribution in [3.63, 3.8) is 0 Å². The minimum atomic E-state index is 0.711. The first-order valence-corrected chi connectivity index (χ1v) is 6.00. The van der Waals surface area contributed by atoms with Crippen molar-refractivity contribution in [1.29, 1.82) is 0 Å². The molecule has 4 heteroatoms. The Hall–Kier alpha value is -2.00. The van der Waals surface area contributed by atoms with Crippen LogP contribution in [0.5, 0.6) is 0 Å². The highest BCUT2D eigenvalue weighted by atomic mass is 35.5. The second-order valence-electron chi connectivity index (χ2n) is 4.27. The fourth-order valence-corrected chi connectivity index (χ4v) is 2.33. The zero-order chi connectivity index (χ0) is 12.7. The molecule has 0 aliphatic heterocycles. The first-order chi connectivity index (χ1) is 8.65. The van der Waals surface area contributed by atoms with E-state index >= 15 is 0 Å². The van der Waals surface area contributed by atoms with E-state index in [0.29, 0.717) is 5.69 Å². The molecule has 0 aliphatic carbocycles. The van der Waals surface area contributed by atoms with Crippen LogP contribution in [-0.2, 0) is 7.05 Å². The van der Waals surface area contributed by atoms with Gasteiger partial charge in [0.15, 0.2) is 0 Å². The molecule has 0 spiro atoms. The molecule has 0 saturated heterocycles. The van der Waals surface area contributed by atoms with Crippen molar-refractivity contribution in [2.24, 2.45) is 7.05 Å². The summed E-state index contributed by atoms with van der Waals surface area (Å²) in [4.78, 5) is 4.35. The number of fused-ring (bicyclic) bond motifs is 1. The van der Waals surface area contributed by atoms with Gasteiger partial charge in [0.2, 0.25) is 0 Å². The molecule has 0 radical (unpaired) electrons. The summed E-state index contributed by atoms with van der Waals surface area (Å²) in [5.41, 5.74) is 9.52. The summed E-state index contributed by atoms with van der Waals surface area (Å²) in [6.45, 7) is 0. The van der Waals surface area contributed by atoms with Crippen LogP contribution < -0.4 is 5.73 Å². The molecule has 2 N–H and O–H groups in total. The molecule has 0 bridgehead atoms. The molecule has 90 valence electrons. The predicted octanol–water partition coefficient (Wildman–Crippen LogP) is 3.48. The van der Waals surface area contributed by atoms with Crippen molar-refractivity contribution in [1.82, 2.24) is 9.55 Å². The SMILES string of the molecule is Cn1c(-c2cc(N)ccn2)cc2cc(Cl)ccc21. The second-order valence-corrected chi connectivity index (χ2v) is 4.70. The number of nitrogen functional groups attached to an aromatic ring is 1. The summed E-state index contributed by atoms with van der Waals surface area (Å²) in [5.74, 6) is 0. The van der Waals surface area contributed by atoms with Crippen molar-refractivity contribution in [2.45, 2.75) is 0 Å². The lowest BCUT2D eigenvalue weighted by Gasteiger charge is -2.04. The Balaban J connectivity index is 2.27. The number of halogens is 1. The van der Waals surface area contributed by atoms with Gasteiger partial charge in [0, 0.05) is 34.9 Å². The molecular weight excluding hydrogens is 246 g/mol. The molecule has 1 aromatic carbocycles. The molecule has 0 saturated carbocycles. The van der Waals surface area contributed by atoms with E-state index in [-0.39, 0.29) is 0 Å². The van der Waals surface area contributed by atoms with Crippen LogP contribution in [0.25, 0.3) is 22.3 Å². The van der Waals surface area contributed by atoms with Crippen molar-refractivity contribution in [2.75, 3.05) is 5.73 Å². The second kappa shape index (κ2) is 4.03. The van der Waals surface area contributed by atoms with Gasteiger partial charge in [-0.25, -0.2) is 0 Å². The van der Waals surface area contributed by atoms with Crippen LogP contribution in [-0.4, -0.2) is 9.55 Å². The van der Waals surface area contributed by atoms with E-state index in [1.807, 2.05) is 31.3 Å². The Bertz CT molecular complexity index is 731. The molecule has 0 atom stereocenters. The van der Waals surface area contributed by atoms with E-state index in [9.17, 15) is 0 Å². The number of hydrogen-bond donors (Lipinski definition) is 1. The standard InChI is InChI=1S/C14H12ClN3/c1-18-13-3-2-10(15)6-9(13)7-14(18)12-8-11(16)4-5-17-12/h2-8H,1H3,(H2,16,17). The largest absolute Gasteiger partial charge is 0.399 e. The molecule has 2 aromatic heterocycles. The average Bonchev–Trinajstić information content (AvgIpc) is 2.66. The lowest BCUT2D eigenvalue weighted by atomic mass is 10.2. The van der Waals surface area contributed by atoms with Crippen LogP contribution in [0.4, 0.5) is 5.69 Å². The van der Waals surface area contributed by atoms with E-state index < -0.39 is 0 Å². The number of aryl methyl sites for hydroxylation is 1. The van der Waals surface area contributed by atoms with Gasteiger partial charge in [-0.05, 0) is 36.4 Å². The lowest BCUT2D eigenvalue weighted by Crippen LogP contribution is -1.94. The Morgan fingerprint density at radius 2 is 2.00 bits per heavy atom. The minimum absolute atomic E-state index is 0.711. The van der Waals surface area contributed by atoms with Gasteiger partial charge in [0.25, 0.3) is 0 Å². The zero-order valence-electron chi connectivity index (χ0n) is 9.89. The smallest absolute Gasteiger partial charge is 0.0887 e. The molecule has 3 rings (SSSR count).